The van der Waals surface area contributed by atoms with Gasteiger partial charge in [0.1, 0.15) is 5.54 Å². The number of rotatable bonds is 13. The van der Waals surface area contributed by atoms with Crippen LogP contribution in [0.2, 0.25) is 0 Å². The van der Waals surface area contributed by atoms with E-state index in [0.717, 1.165) is 19.3 Å². The van der Waals surface area contributed by atoms with Gasteiger partial charge in [-0.3, -0.25) is 19.4 Å². The second-order valence-electron chi connectivity index (χ2n) is 7.02. The van der Waals surface area contributed by atoms with E-state index in [1.165, 1.54) is 0 Å². The number of carbonyl (C=O) groups is 3. The number of carboxylic acid groups (broad SMARTS) is 1. The number of ketones is 1. The normalized spacial score (nSPS) is 17.6. The van der Waals surface area contributed by atoms with E-state index < -0.39 is 11.5 Å². The second kappa shape index (κ2) is 11.2. The molecular weight excluding hydrogens is 356 g/mol. The minimum Gasteiger partial charge on any atom is -0.481 e. The van der Waals surface area contributed by atoms with Crippen molar-refractivity contribution in [1.29, 1.82) is 0 Å². The van der Waals surface area contributed by atoms with E-state index in [-0.39, 0.29) is 18.1 Å². The summed E-state index contributed by atoms with van der Waals surface area (Å²) in [5.74, 6) is -0.811. The Morgan fingerprint density at radius 1 is 0.964 bits per heavy atom. The zero-order valence-corrected chi connectivity index (χ0v) is 16.1. The van der Waals surface area contributed by atoms with Crippen molar-refractivity contribution in [3.8, 4) is 0 Å². The summed E-state index contributed by atoms with van der Waals surface area (Å²) in [6.45, 7) is 0.584. The highest BCUT2D eigenvalue weighted by molar-refractivity contribution is 5.96. The number of hydrogen-bond acceptors (Lipinski definition) is 4. The van der Waals surface area contributed by atoms with Gasteiger partial charge in [-0.15, -0.1) is 0 Å². The molecular formula is C22H28N2O4. The summed E-state index contributed by atoms with van der Waals surface area (Å²) in [6, 6.07) is 9.09. The molecule has 0 aromatic heterocycles. The molecule has 1 aromatic rings. The highest BCUT2D eigenvalue weighted by Gasteiger charge is 2.34. The molecule has 0 bridgehead atoms. The summed E-state index contributed by atoms with van der Waals surface area (Å²) in [6.07, 6.45) is 10.00. The lowest BCUT2D eigenvalue weighted by atomic mass is 9.86. The fourth-order valence-electron chi connectivity index (χ4n) is 3.24. The van der Waals surface area contributed by atoms with Gasteiger partial charge >= 0.3 is 5.97 Å². The molecule has 1 unspecified atom stereocenters. The van der Waals surface area contributed by atoms with Crippen molar-refractivity contribution in [2.75, 3.05) is 6.54 Å². The second-order valence-corrected chi connectivity index (χ2v) is 7.02. The molecule has 1 amide bonds. The molecule has 1 atom stereocenters. The number of hydrogen-bond donors (Lipinski definition) is 2. The first-order chi connectivity index (χ1) is 13.5. The van der Waals surface area contributed by atoms with E-state index in [4.69, 9.17) is 5.11 Å². The zero-order chi connectivity index (χ0) is 20.2. The number of nitrogens with zero attached hydrogens (tertiary/aromatic N) is 1. The quantitative estimate of drug-likeness (QED) is 0.508. The molecule has 1 aromatic carbocycles. The van der Waals surface area contributed by atoms with Gasteiger partial charge in [-0.25, -0.2) is 0 Å². The van der Waals surface area contributed by atoms with Gasteiger partial charge in [0.2, 0.25) is 0 Å². The summed E-state index contributed by atoms with van der Waals surface area (Å²) in [5, 5.41) is 11.6. The first kappa shape index (κ1) is 21.5. The summed E-state index contributed by atoms with van der Waals surface area (Å²) in [4.78, 5) is 39.6. The molecule has 0 saturated carbocycles. The number of nitrogens with one attached hydrogen (secondary N) is 1. The third-order valence-electron chi connectivity index (χ3n) is 4.85. The van der Waals surface area contributed by atoms with Gasteiger partial charge in [-0.05, 0) is 56.4 Å². The summed E-state index contributed by atoms with van der Waals surface area (Å²) < 4.78 is 0. The smallest absolute Gasteiger partial charge is 0.303 e. The molecule has 1 heterocycles. The summed E-state index contributed by atoms with van der Waals surface area (Å²) in [7, 11) is 0. The monoisotopic (exact) mass is 384 g/mol. The van der Waals surface area contributed by atoms with Crippen LogP contribution in [0.15, 0.2) is 47.5 Å². The van der Waals surface area contributed by atoms with E-state index in [2.05, 4.69) is 10.3 Å². The number of benzene rings is 1. The molecule has 0 fully saturated rings. The Bertz CT molecular complexity index is 713. The van der Waals surface area contributed by atoms with Crippen LogP contribution in [0.4, 0.5) is 0 Å². The minimum atomic E-state index is -0.815. The summed E-state index contributed by atoms with van der Waals surface area (Å²) >= 11 is 0. The van der Waals surface area contributed by atoms with Crippen LogP contribution in [0.5, 0.6) is 0 Å². The lowest BCUT2D eigenvalue weighted by molar-refractivity contribution is -0.137. The van der Waals surface area contributed by atoms with Gasteiger partial charge < -0.3 is 10.4 Å². The average molecular weight is 384 g/mol. The summed E-state index contributed by atoms with van der Waals surface area (Å²) in [5.41, 5.74) is -0.159. The average Bonchev–Trinajstić information content (AvgIpc) is 3.18. The van der Waals surface area contributed by atoms with Gasteiger partial charge in [-0.2, -0.15) is 0 Å². The SMILES string of the molecule is O=C(O)CCCCC1(C(=O)CCCCCNC(=O)c2ccccc2)C=CC=N1. The lowest BCUT2D eigenvalue weighted by Crippen LogP contribution is -2.33. The van der Waals surface area contributed by atoms with Crippen molar-refractivity contribution >= 4 is 23.9 Å². The van der Waals surface area contributed by atoms with E-state index in [9.17, 15) is 14.4 Å². The number of aliphatic imine (C=N–C) groups is 1. The van der Waals surface area contributed by atoms with E-state index in [1.54, 1.807) is 24.4 Å². The van der Waals surface area contributed by atoms with Crippen molar-refractivity contribution in [3.05, 3.63) is 48.0 Å². The Morgan fingerprint density at radius 2 is 1.71 bits per heavy atom. The van der Waals surface area contributed by atoms with Gasteiger partial charge in [0.25, 0.3) is 5.91 Å². The predicted molar refractivity (Wildman–Crippen MR) is 109 cm³/mol. The van der Waals surface area contributed by atoms with Gasteiger partial charge in [0.15, 0.2) is 5.78 Å². The first-order valence-electron chi connectivity index (χ1n) is 9.85. The molecule has 150 valence electrons. The highest BCUT2D eigenvalue weighted by atomic mass is 16.4. The van der Waals surface area contributed by atoms with Crippen LogP contribution < -0.4 is 5.32 Å². The van der Waals surface area contributed by atoms with Crippen LogP contribution in [0, 0.1) is 0 Å². The Kier molecular flexibility index (Phi) is 8.59. The Morgan fingerprint density at radius 3 is 2.39 bits per heavy atom. The minimum absolute atomic E-state index is 0.0811. The van der Waals surface area contributed by atoms with Crippen molar-refractivity contribution in [3.63, 3.8) is 0 Å². The van der Waals surface area contributed by atoms with Gasteiger partial charge in [-0.1, -0.05) is 24.6 Å². The number of allylic oxidation sites excluding steroid dienone is 1. The van der Waals surface area contributed by atoms with Crippen LogP contribution in [0.3, 0.4) is 0 Å². The van der Waals surface area contributed by atoms with Gasteiger partial charge in [0.05, 0.1) is 0 Å². The van der Waals surface area contributed by atoms with Crippen LogP contribution in [-0.2, 0) is 9.59 Å². The maximum absolute atomic E-state index is 12.7. The topological polar surface area (TPSA) is 95.8 Å². The maximum Gasteiger partial charge on any atom is 0.303 e. The number of carboxylic acids is 1. The standard InChI is InChI=1S/C22H28N2O4/c25-19(22(15-9-17-24-22)14-7-6-13-20(26)27)12-5-2-8-16-23-21(28)18-10-3-1-4-11-18/h1,3-4,9-11,15,17H,2,5-8,12-14,16H2,(H,23,28)(H,26,27). The zero-order valence-electron chi connectivity index (χ0n) is 16.1. The number of carbonyl (C=O) groups excluding carboxylic acids is 2. The molecule has 1 aliphatic rings. The van der Waals surface area contributed by atoms with Gasteiger partial charge in [0, 0.05) is 31.2 Å². The molecule has 28 heavy (non-hydrogen) atoms. The Labute approximate surface area is 165 Å². The first-order valence-corrected chi connectivity index (χ1v) is 9.85. The van der Waals surface area contributed by atoms with E-state index in [0.29, 0.717) is 37.8 Å². The molecule has 0 radical (unpaired) electrons. The van der Waals surface area contributed by atoms with Crippen molar-refractivity contribution < 1.29 is 19.5 Å². The van der Waals surface area contributed by atoms with Crippen molar-refractivity contribution in [2.45, 2.75) is 56.9 Å². The fourth-order valence-corrected chi connectivity index (χ4v) is 3.24. The molecule has 2 N–H and O–H groups in total. The molecule has 6 heteroatoms. The number of unbranched alkanes of at least 4 members (excludes halogenated alkanes) is 3. The molecule has 0 aliphatic carbocycles. The number of Topliss-reactive ketones (excluding diaryl/α,β-unsaturated/α-hetero) is 1. The van der Waals surface area contributed by atoms with Crippen LogP contribution in [-0.4, -0.2) is 41.1 Å². The third-order valence-corrected chi connectivity index (χ3v) is 4.85. The van der Waals surface area contributed by atoms with Crippen LogP contribution >= 0.6 is 0 Å². The molecule has 2 rings (SSSR count). The predicted octanol–water partition coefficient (Wildman–Crippen LogP) is 3.57. The number of amides is 1. The van der Waals surface area contributed by atoms with Crippen LogP contribution in [0.1, 0.15) is 61.7 Å². The van der Waals surface area contributed by atoms with Crippen molar-refractivity contribution in [2.24, 2.45) is 4.99 Å². The van der Waals surface area contributed by atoms with E-state index in [1.807, 2.05) is 24.3 Å². The Balaban J connectivity index is 1.65. The maximum atomic E-state index is 12.7. The van der Waals surface area contributed by atoms with Crippen LogP contribution in [0.25, 0.3) is 0 Å². The highest BCUT2D eigenvalue weighted by Crippen LogP contribution is 2.28. The number of aliphatic carboxylic acids is 1. The van der Waals surface area contributed by atoms with E-state index >= 15 is 0 Å². The lowest BCUT2D eigenvalue weighted by Gasteiger charge is -2.22. The third kappa shape index (κ3) is 6.76. The molecule has 0 saturated heterocycles. The largest absolute Gasteiger partial charge is 0.481 e. The molecule has 6 nitrogen and oxygen atoms in total. The Hall–Kier alpha value is -2.76. The molecule has 0 spiro atoms. The van der Waals surface area contributed by atoms with Crippen molar-refractivity contribution in [1.82, 2.24) is 5.32 Å². The molecule has 1 aliphatic heterocycles. The fraction of sp³-hybridized carbons (Fsp3) is 0.455.